The van der Waals surface area contributed by atoms with Gasteiger partial charge in [0.15, 0.2) is 0 Å². The number of methoxy groups -OCH3 is 1. The van der Waals surface area contributed by atoms with Crippen molar-refractivity contribution in [2.24, 2.45) is 5.41 Å². The first-order valence-electron chi connectivity index (χ1n) is 12.2. The van der Waals surface area contributed by atoms with Gasteiger partial charge in [0.05, 0.1) is 25.0 Å². The van der Waals surface area contributed by atoms with Gasteiger partial charge in [0.1, 0.15) is 5.82 Å². The van der Waals surface area contributed by atoms with Crippen LogP contribution in [0.4, 0.5) is 17.6 Å². The molecule has 0 aromatic heterocycles. The summed E-state index contributed by atoms with van der Waals surface area (Å²) in [5.41, 5.74) is -4.33. The van der Waals surface area contributed by atoms with Crippen LogP contribution in [0.25, 0.3) is 0 Å². The second kappa shape index (κ2) is 11.5. The minimum atomic E-state index is -5.07. The zero-order chi connectivity index (χ0) is 28.1. The number of aryl methyl sites for hydroxylation is 1. The first kappa shape index (κ1) is 29.1. The summed E-state index contributed by atoms with van der Waals surface area (Å²) in [6, 6.07) is 13.4. The van der Waals surface area contributed by atoms with Gasteiger partial charge in [-0.1, -0.05) is 48.5 Å². The zero-order valence-corrected chi connectivity index (χ0v) is 21.5. The molecule has 1 amide bonds. The predicted molar refractivity (Wildman–Crippen MR) is 130 cm³/mol. The van der Waals surface area contributed by atoms with Crippen LogP contribution < -0.4 is 0 Å². The first-order chi connectivity index (χ1) is 18.0. The molecule has 0 radical (unpaired) electrons. The van der Waals surface area contributed by atoms with Crippen molar-refractivity contribution < 1.29 is 36.6 Å². The Hall–Kier alpha value is -3.45. The van der Waals surface area contributed by atoms with Crippen LogP contribution in [0.2, 0.25) is 0 Å². The first-order valence-corrected chi connectivity index (χ1v) is 12.2. The molecule has 0 spiro atoms. The number of ether oxygens (including phenoxy) is 2. The number of hydrogen-bond acceptors (Lipinski definition) is 5. The minimum Gasteiger partial charge on any atom is -0.466 e. The Labute approximate surface area is 219 Å². The molecule has 0 aliphatic carbocycles. The summed E-state index contributed by atoms with van der Waals surface area (Å²) in [6.07, 6.45) is -5.35. The number of carbonyl (C=O) groups excluding carboxylic acids is 2. The van der Waals surface area contributed by atoms with Crippen LogP contribution in [0, 0.1) is 29.5 Å². The largest absolute Gasteiger partial charge is 0.466 e. The van der Waals surface area contributed by atoms with Gasteiger partial charge in [0.25, 0.3) is 11.5 Å². The fourth-order valence-electron chi connectivity index (χ4n) is 5.28. The number of hydrogen-bond donors (Lipinski definition) is 0. The molecule has 2 aromatic rings. The Bertz CT molecular complexity index is 1190. The monoisotopic (exact) mass is 534 g/mol. The number of nitrogens with zero attached hydrogens (tertiary/aromatic N) is 2. The summed E-state index contributed by atoms with van der Waals surface area (Å²) in [6.45, 7) is 2.88. The third-order valence-corrected chi connectivity index (χ3v) is 7.31. The maximum absolute atomic E-state index is 15.1. The van der Waals surface area contributed by atoms with E-state index in [2.05, 4.69) is 6.07 Å². The molecule has 2 aromatic carbocycles. The fourth-order valence-corrected chi connectivity index (χ4v) is 5.28. The molecule has 204 valence electrons. The Morgan fingerprint density at radius 1 is 1.11 bits per heavy atom. The lowest BCUT2D eigenvalue weighted by atomic mass is 9.64. The van der Waals surface area contributed by atoms with Gasteiger partial charge in [0, 0.05) is 36.7 Å². The number of amides is 1. The molecule has 0 saturated carbocycles. The smallest absolute Gasteiger partial charge is 0.430 e. The lowest BCUT2D eigenvalue weighted by molar-refractivity contribution is -0.271. The van der Waals surface area contributed by atoms with Crippen molar-refractivity contribution in [3.63, 3.8) is 0 Å². The van der Waals surface area contributed by atoms with Gasteiger partial charge in [-0.15, -0.1) is 0 Å². The van der Waals surface area contributed by atoms with Crippen LogP contribution >= 0.6 is 0 Å². The minimum absolute atomic E-state index is 0.0183. The van der Waals surface area contributed by atoms with Crippen molar-refractivity contribution in [1.29, 1.82) is 5.26 Å². The number of likely N-dealkylation sites (tertiary alicyclic amines) is 1. The average Bonchev–Trinajstić information content (AvgIpc) is 2.88. The molecule has 3 rings (SSSR count). The number of piperidine rings is 1. The number of carbonyl (C=O) groups is 2. The molecule has 2 atom stereocenters. The normalized spacial score (nSPS) is 17.7. The molecule has 0 N–H and O–H groups in total. The SMILES string of the molecule is CCOC(=O)CC1(C(C#N)c2cccc(C)c2F)CCN(C(=O)[C@](OC)(c2ccccc2)C(F)(F)F)CC1. The van der Waals surface area contributed by atoms with Crippen LogP contribution in [-0.2, 0) is 24.7 Å². The quantitative estimate of drug-likeness (QED) is 0.334. The van der Waals surface area contributed by atoms with Gasteiger partial charge in [-0.05, 0) is 32.3 Å². The summed E-state index contributed by atoms with van der Waals surface area (Å²) >= 11 is 0. The number of benzene rings is 2. The van der Waals surface area contributed by atoms with E-state index in [1.54, 1.807) is 26.0 Å². The second-order valence-electron chi connectivity index (χ2n) is 9.43. The lowest BCUT2D eigenvalue weighted by Crippen LogP contribution is -2.59. The lowest BCUT2D eigenvalue weighted by Gasteiger charge is -2.46. The molecule has 1 saturated heterocycles. The molecule has 10 heteroatoms. The van der Waals surface area contributed by atoms with E-state index in [1.165, 1.54) is 36.4 Å². The third-order valence-electron chi connectivity index (χ3n) is 7.31. The average molecular weight is 535 g/mol. The molecular formula is C28H30F4N2O4. The third kappa shape index (κ3) is 5.25. The highest BCUT2D eigenvalue weighted by Gasteiger charge is 2.64. The van der Waals surface area contributed by atoms with Crippen molar-refractivity contribution in [1.82, 2.24) is 4.90 Å². The highest BCUT2D eigenvalue weighted by molar-refractivity contribution is 5.88. The van der Waals surface area contributed by atoms with E-state index in [4.69, 9.17) is 9.47 Å². The maximum atomic E-state index is 15.1. The number of esters is 1. The van der Waals surface area contributed by atoms with E-state index in [0.717, 1.165) is 12.0 Å². The molecule has 1 aliphatic heterocycles. The maximum Gasteiger partial charge on any atom is 0.430 e. The summed E-state index contributed by atoms with van der Waals surface area (Å²) < 4.78 is 68.5. The van der Waals surface area contributed by atoms with E-state index in [-0.39, 0.29) is 50.1 Å². The van der Waals surface area contributed by atoms with E-state index in [0.29, 0.717) is 5.56 Å². The van der Waals surface area contributed by atoms with Gasteiger partial charge in [-0.2, -0.15) is 18.4 Å². The van der Waals surface area contributed by atoms with Crippen LogP contribution in [0.15, 0.2) is 48.5 Å². The standard InChI is InChI=1S/C28H30F4N2O4/c1-4-38-23(35)17-26(22(18-33)21-12-8-9-19(2)24(21)29)13-15-34(16-14-26)25(36)27(37-3,28(30,31)32)20-10-6-5-7-11-20/h5-12,22H,4,13-17H2,1-3H3/t22?,27-/m1/s1. The van der Waals surface area contributed by atoms with Crippen molar-refractivity contribution in [3.05, 3.63) is 71.0 Å². The summed E-state index contributed by atoms with van der Waals surface area (Å²) in [5, 5.41) is 10.1. The van der Waals surface area contributed by atoms with E-state index >= 15 is 4.39 Å². The number of rotatable bonds is 8. The number of alkyl halides is 3. The topological polar surface area (TPSA) is 79.6 Å². The van der Waals surface area contributed by atoms with Gasteiger partial charge in [0.2, 0.25) is 0 Å². The Balaban J connectivity index is 2.00. The number of halogens is 4. The molecule has 1 aliphatic rings. The second-order valence-corrected chi connectivity index (χ2v) is 9.43. The molecular weight excluding hydrogens is 504 g/mol. The van der Waals surface area contributed by atoms with Crippen LogP contribution in [-0.4, -0.2) is 49.8 Å². The van der Waals surface area contributed by atoms with Crippen molar-refractivity contribution in [3.8, 4) is 6.07 Å². The van der Waals surface area contributed by atoms with E-state index < -0.39 is 40.8 Å². The fraction of sp³-hybridized carbons (Fsp3) is 0.464. The Morgan fingerprint density at radius 3 is 2.26 bits per heavy atom. The molecule has 1 fully saturated rings. The van der Waals surface area contributed by atoms with Crippen LogP contribution in [0.3, 0.4) is 0 Å². The summed E-state index contributed by atoms with van der Waals surface area (Å²) in [7, 11) is 0.833. The molecule has 6 nitrogen and oxygen atoms in total. The van der Waals surface area contributed by atoms with Crippen molar-refractivity contribution in [2.45, 2.75) is 50.8 Å². The van der Waals surface area contributed by atoms with Crippen LogP contribution in [0.1, 0.15) is 48.8 Å². The highest BCUT2D eigenvalue weighted by atomic mass is 19.4. The van der Waals surface area contributed by atoms with Crippen molar-refractivity contribution >= 4 is 11.9 Å². The summed E-state index contributed by atoms with van der Waals surface area (Å²) in [4.78, 5) is 27.1. The Kier molecular flexibility index (Phi) is 8.82. The zero-order valence-electron chi connectivity index (χ0n) is 21.5. The highest BCUT2D eigenvalue weighted by Crippen LogP contribution is 2.50. The van der Waals surface area contributed by atoms with E-state index in [9.17, 15) is 28.0 Å². The molecule has 1 heterocycles. The Morgan fingerprint density at radius 2 is 1.74 bits per heavy atom. The molecule has 0 bridgehead atoms. The van der Waals surface area contributed by atoms with Gasteiger partial charge in [-0.3, -0.25) is 9.59 Å². The van der Waals surface area contributed by atoms with Crippen LogP contribution in [0.5, 0.6) is 0 Å². The van der Waals surface area contributed by atoms with Crippen molar-refractivity contribution in [2.75, 3.05) is 26.8 Å². The van der Waals surface area contributed by atoms with E-state index in [1.807, 2.05) is 0 Å². The van der Waals surface area contributed by atoms with Gasteiger partial charge in [-0.25, -0.2) is 4.39 Å². The predicted octanol–water partition coefficient (Wildman–Crippen LogP) is 5.41. The molecule has 38 heavy (non-hydrogen) atoms. The molecule has 1 unspecified atom stereocenters. The van der Waals surface area contributed by atoms with Gasteiger partial charge < -0.3 is 14.4 Å². The number of nitriles is 1. The van der Waals surface area contributed by atoms with Gasteiger partial charge >= 0.3 is 12.1 Å². The summed E-state index contributed by atoms with van der Waals surface area (Å²) in [5.74, 6) is -3.57.